The molecule has 2 aliphatic heterocycles. The molecular formula is C23H30BNO2. The standard InChI is InChI=1S/C23H30BNO2/c1-15-7-8-16(2)19(13-15)21-20-14-18(10-9-17(20)11-12-25-21)24-26-22(3,4)23(5,6)27-24/h7-10,13-14,21,25H,11-12H2,1-6H3. The van der Waals surface area contributed by atoms with Gasteiger partial charge in [-0.1, -0.05) is 42.0 Å². The van der Waals surface area contributed by atoms with E-state index in [4.69, 9.17) is 9.31 Å². The molecule has 1 unspecified atom stereocenters. The van der Waals surface area contributed by atoms with E-state index in [0.29, 0.717) is 0 Å². The highest BCUT2D eigenvalue weighted by atomic mass is 16.7. The largest absolute Gasteiger partial charge is 0.494 e. The van der Waals surface area contributed by atoms with Crippen LogP contribution in [0.4, 0.5) is 0 Å². The Morgan fingerprint density at radius 3 is 2.33 bits per heavy atom. The average molecular weight is 363 g/mol. The van der Waals surface area contributed by atoms with Crippen LogP contribution in [0.15, 0.2) is 36.4 Å². The minimum absolute atomic E-state index is 0.219. The molecule has 2 aromatic rings. The third-order valence-corrected chi connectivity index (χ3v) is 6.49. The zero-order valence-electron chi connectivity index (χ0n) is 17.3. The van der Waals surface area contributed by atoms with Gasteiger partial charge in [0.15, 0.2) is 0 Å². The van der Waals surface area contributed by atoms with Crippen molar-refractivity contribution in [3.8, 4) is 0 Å². The summed E-state index contributed by atoms with van der Waals surface area (Å²) in [5.74, 6) is 0. The maximum atomic E-state index is 6.28. The van der Waals surface area contributed by atoms with Crippen LogP contribution in [0, 0.1) is 13.8 Å². The number of rotatable bonds is 2. The van der Waals surface area contributed by atoms with Crippen LogP contribution in [-0.4, -0.2) is 24.9 Å². The number of aryl methyl sites for hydroxylation is 2. The average Bonchev–Trinajstić information content (AvgIpc) is 2.84. The number of fused-ring (bicyclic) bond motifs is 1. The fourth-order valence-electron chi connectivity index (χ4n) is 4.05. The van der Waals surface area contributed by atoms with Gasteiger partial charge in [-0.05, 0) is 75.7 Å². The molecule has 0 aliphatic carbocycles. The minimum atomic E-state index is -0.321. The smallest absolute Gasteiger partial charge is 0.399 e. The van der Waals surface area contributed by atoms with Crippen molar-refractivity contribution in [2.24, 2.45) is 0 Å². The number of hydrogen-bond acceptors (Lipinski definition) is 3. The second-order valence-corrected chi connectivity index (χ2v) is 9.04. The highest BCUT2D eigenvalue weighted by Crippen LogP contribution is 2.37. The van der Waals surface area contributed by atoms with Gasteiger partial charge in [0, 0.05) is 6.54 Å². The van der Waals surface area contributed by atoms with Crippen molar-refractivity contribution < 1.29 is 9.31 Å². The lowest BCUT2D eigenvalue weighted by atomic mass is 9.75. The Kier molecular flexibility index (Phi) is 4.49. The van der Waals surface area contributed by atoms with Crippen molar-refractivity contribution >= 4 is 12.6 Å². The molecule has 2 heterocycles. The molecular weight excluding hydrogens is 333 g/mol. The highest BCUT2D eigenvalue weighted by molar-refractivity contribution is 6.62. The van der Waals surface area contributed by atoms with Gasteiger partial charge in [0.05, 0.1) is 17.2 Å². The summed E-state index contributed by atoms with van der Waals surface area (Å²) in [5.41, 5.74) is 7.21. The first-order chi connectivity index (χ1) is 12.7. The van der Waals surface area contributed by atoms with Gasteiger partial charge >= 0.3 is 7.12 Å². The second-order valence-electron chi connectivity index (χ2n) is 9.04. The lowest BCUT2D eigenvalue weighted by Gasteiger charge is -2.32. The lowest BCUT2D eigenvalue weighted by Crippen LogP contribution is -2.41. The molecule has 142 valence electrons. The highest BCUT2D eigenvalue weighted by Gasteiger charge is 2.51. The molecule has 0 amide bonds. The quantitative estimate of drug-likeness (QED) is 0.823. The summed E-state index contributed by atoms with van der Waals surface area (Å²) in [4.78, 5) is 0. The van der Waals surface area contributed by atoms with Crippen LogP contribution in [0.2, 0.25) is 0 Å². The topological polar surface area (TPSA) is 30.5 Å². The molecule has 4 rings (SSSR count). The first-order valence-corrected chi connectivity index (χ1v) is 9.97. The zero-order chi connectivity index (χ0) is 19.4. The molecule has 1 atom stereocenters. The summed E-state index contributed by atoms with van der Waals surface area (Å²) in [6.45, 7) is 13.8. The fourth-order valence-corrected chi connectivity index (χ4v) is 4.05. The predicted molar refractivity (Wildman–Crippen MR) is 112 cm³/mol. The van der Waals surface area contributed by atoms with Crippen molar-refractivity contribution in [3.05, 3.63) is 64.2 Å². The van der Waals surface area contributed by atoms with Gasteiger partial charge in [0.2, 0.25) is 0 Å². The summed E-state index contributed by atoms with van der Waals surface area (Å²) < 4.78 is 12.6. The molecule has 0 spiro atoms. The van der Waals surface area contributed by atoms with Crippen molar-refractivity contribution in [1.82, 2.24) is 5.32 Å². The third kappa shape index (κ3) is 3.24. The van der Waals surface area contributed by atoms with Crippen LogP contribution in [0.25, 0.3) is 0 Å². The van der Waals surface area contributed by atoms with Gasteiger partial charge in [0.1, 0.15) is 0 Å². The molecule has 2 aromatic carbocycles. The molecule has 3 nitrogen and oxygen atoms in total. The molecule has 27 heavy (non-hydrogen) atoms. The number of hydrogen-bond donors (Lipinski definition) is 1. The molecule has 0 aromatic heterocycles. The van der Waals surface area contributed by atoms with E-state index in [1.54, 1.807) is 0 Å². The Labute approximate surface area is 163 Å². The minimum Gasteiger partial charge on any atom is -0.399 e. The van der Waals surface area contributed by atoms with Crippen LogP contribution in [0.3, 0.4) is 0 Å². The third-order valence-electron chi connectivity index (χ3n) is 6.49. The summed E-state index contributed by atoms with van der Waals surface area (Å²) >= 11 is 0. The van der Waals surface area contributed by atoms with Gasteiger partial charge in [0.25, 0.3) is 0 Å². The Bertz CT molecular complexity index is 859. The van der Waals surface area contributed by atoms with E-state index in [0.717, 1.165) is 18.4 Å². The molecule has 0 saturated carbocycles. The summed E-state index contributed by atoms with van der Waals surface area (Å²) in [6.07, 6.45) is 1.06. The van der Waals surface area contributed by atoms with Gasteiger partial charge in [-0.15, -0.1) is 0 Å². The van der Waals surface area contributed by atoms with E-state index in [1.165, 1.54) is 27.8 Å². The zero-order valence-corrected chi connectivity index (χ0v) is 17.3. The van der Waals surface area contributed by atoms with Gasteiger partial charge in [-0.3, -0.25) is 0 Å². The van der Waals surface area contributed by atoms with Gasteiger partial charge < -0.3 is 14.6 Å². The van der Waals surface area contributed by atoms with Gasteiger partial charge in [-0.2, -0.15) is 0 Å². The van der Waals surface area contributed by atoms with E-state index in [9.17, 15) is 0 Å². The monoisotopic (exact) mass is 363 g/mol. The SMILES string of the molecule is Cc1ccc(C)c(C2NCCc3ccc(B4OC(C)(C)C(C)(C)O4)cc32)c1. The van der Waals surface area contributed by atoms with E-state index in [-0.39, 0.29) is 24.4 Å². The summed E-state index contributed by atoms with van der Waals surface area (Å²) in [5, 5.41) is 3.73. The molecule has 1 fully saturated rings. The van der Waals surface area contributed by atoms with E-state index < -0.39 is 0 Å². The summed E-state index contributed by atoms with van der Waals surface area (Å²) in [6, 6.07) is 13.7. The van der Waals surface area contributed by atoms with Crippen LogP contribution >= 0.6 is 0 Å². The summed E-state index contributed by atoms with van der Waals surface area (Å²) in [7, 11) is -0.318. The first kappa shape index (κ1) is 18.7. The Morgan fingerprint density at radius 2 is 1.63 bits per heavy atom. The Hall–Kier alpha value is -1.62. The molecule has 0 bridgehead atoms. The molecule has 4 heteroatoms. The molecule has 2 aliphatic rings. The maximum absolute atomic E-state index is 6.28. The van der Waals surface area contributed by atoms with E-state index >= 15 is 0 Å². The van der Waals surface area contributed by atoms with E-state index in [2.05, 4.69) is 83.3 Å². The maximum Gasteiger partial charge on any atom is 0.494 e. The first-order valence-electron chi connectivity index (χ1n) is 9.97. The van der Waals surface area contributed by atoms with Crippen LogP contribution in [0.1, 0.15) is 61.6 Å². The molecule has 1 N–H and O–H groups in total. The molecule has 0 radical (unpaired) electrons. The van der Waals surface area contributed by atoms with Crippen molar-refractivity contribution in [2.75, 3.05) is 6.54 Å². The van der Waals surface area contributed by atoms with Gasteiger partial charge in [-0.25, -0.2) is 0 Å². The normalized spacial score (nSPS) is 23.3. The fraction of sp³-hybridized carbons (Fsp3) is 0.478. The lowest BCUT2D eigenvalue weighted by molar-refractivity contribution is 0.00578. The van der Waals surface area contributed by atoms with Crippen molar-refractivity contribution in [2.45, 2.75) is 65.2 Å². The van der Waals surface area contributed by atoms with Crippen LogP contribution < -0.4 is 10.8 Å². The predicted octanol–water partition coefficient (Wildman–Crippen LogP) is 3.84. The van der Waals surface area contributed by atoms with Crippen LogP contribution in [0.5, 0.6) is 0 Å². The van der Waals surface area contributed by atoms with Crippen LogP contribution in [-0.2, 0) is 15.7 Å². The number of nitrogens with one attached hydrogen (secondary N) is 1. The van der Waals surface area contributed by atoms with Crippen molar-refractivity contribution in [3.63, 3.8) is 0 Å². The van der Waals surface area contributed by atoms with E-state index in [1.807, 2.05) is 0 Å². The van der Waals surface area contributed by atoms with Crippen molar-refractivity contribution in [1.29, 1.82) is 0 Å². The Morgan fingerprint density at radius 1 is 0.926 bits per heavy atom. The second kappa shape index (κ2) is 6.47. The molecule has 1 saturated heterocycles. The number of benzene rings is 2. The Balaban J connectivity index is 1.73.